The van der Waals surface area contributed by atoms with Crippen molar-refractivity contribution < 1.29 is 9.59 Å². The summed E-state index contributed by atoms with van der Waals surface area (Å²) in [5.74, 6) is 0.408. The number of amides is 3. The van der Waals surface area contributed by atoms with Crippen molar-refractivity contribution in [3.63, 3.8) is 0 Å². The van der Waals surface area contributed by atoms with Gasteiger partial charge in [-0.15, -0.1) is 11.3 Å². The Bertz CT molecular complexity index is 754. The first-order valence-electron chi connectivity index (χ1n) is 9.37. The van der Waals surface area contributed by atoms with Crippen LogP contribution in [-0.2, 0) is 17.8 Å². The predicted octanol–water partition coefficient (Wildman–Crippen LogP) is 2.91. The van der Waals surface area contributed by atoms with Crippen LogP contribution in [0.4, 0.5) is 4.79 Å². The van der Waals surface area contributed by atoms with E-state index in [-0.39, 0.29) is 11.9 Å². The van der Waals surface area contributed by atoms with Gasteiger partial charge in [0.2, 0.25) is 5.91 Å². The molecule has 2 heterocycles. The lowest BCUT2D eigenvalue weighted by Crippen LogP contribution is -2.43. The van der Waals surface area contributed by atoms with Gasteiger partial charge in [-0.3, -0.25) is 4.79 Å². The summed E-state index contributed by atoms with van der Waals surface area (Å²) in [5.41, 5.74) is 2.14. The van der Waals surface area contributed by atoms with E-state index in [1.165, 1.54) is 6.92 Å². The molecule has 1 aliphatic rings. The minimum atomic E-state index is -0.0108. The van der Waals surface area contributed by atoms with Crippen molar-refractivity contribution in [2.45, 2.75) is 38.6 Å². The van der Waals surface area contributed by atoms with Crippen LogP contribution in [0, 0.1) is 0 Å². The smallest absolute Gasteiger partial charge is 0.317 e. The lowest BCUT2D eigenvalue weighted by molar-refractivity contribution is -0.118. The Balaban J connectivity index is 1.42. The molecule has 0 radical (unpaired) electrons. The third-order valence-corrected chi connectivity index (χ3v) is 5.80. The summed E-state index contributed by atoms with van der Waals surface area (Å²) in [7, 11) is 0. The highest BCUT2D eigenvalue weighted by atomic mass is 32.1. The fraction of sp³-hybridized carbons (Fsp3) is 0.450. The van der Waals surface area contributed by atoms with Gasteiger partial charge in [0.15, 0.2) is 0 Å². The standard InChI is InChI=1S/C20H26N4O2S/c1-15(25)21-10-7-18-14-27-19(23-18)17-8-11-24(12-9-17)20(26)22-13-16-5-3-2-4-6-16/h2-6,14,17H,7-13H2,1H3,(H,21,25)(H,22,26). The Hall–Kier alpha value is -2.41. The summed E-state index contributed by atoms with van der Waals surface area (Å²) in [6, 6.07) is 9.96. The molecule has 3 rings (SSSR count). The molecule has 1 fully saturated rings. The van der Waals surface area contributed by atoms with Crippen LogP contribution in [-0.4, -0.2) is 41.5 Å². The monoisotopic (exact) mass is 386 g/mol. The van der Waals surface area contributed by atoms with E-state index in [0.29, 0.717) is 19.0 Å². The van der Waals surface area contributed by atoms with Gasteiger partial charge in [-0.1, -0.05) is 30.3 Å². The van der Waals surface area contributed by atoms with Gasteiger partial charge in [0.25, 0.3) is 0 Å². The Morgan fingerprint density at radius 3 is 2.63 bits per heavy atom. The second-order valence-electron chi connectivity index (χ2n) is 6.82. The molecule has 6 nitrogen and oxygen atoms in total. The van der Waals surface area contributed by atoms with Crippen molar-refractivity contribution in [3.05, 3.63) is 52.0 Å². The second kappa shape index (κ2) is 9.50. The normalized spacial score (nSPS) is 14.8. The summed E-state index contributed by atoms with van der Waals surface area (Å²) in [6.07, 6.45) is 2.64. The first-order valence-corrected chi connectivity index (χ1v) is 10.2. The average Bonchev–Trinajstić information content (AvgIpc) is 3.16. The molecule has 2 aromatic rings. The SMILES string of the molecule is CC(=O)NCCc1csc(C2CCN(C(=O)NCc3ccccc3)CC2)n1. The molecule has 1 aliphatic heterocycles. The molecule has 1 aromatic carbocycles. The number of rotatable bonds is 6. The maximum Gasteiger partial charge on any atom is 0.317 e. The molecule has 27 heavy (non-hydrogen) atoms. The van der Waals surface area contributed by atoms with Crippen molar-refractivity contribution in [3.8, 4) is 0 Å². The number of carbonyl (C=O) groups excluding carboxylic acids is 2. The lowest BCUT2D eigenvalue weighted by atomic mass is 9.98. The number of piperidine rings is 1. The number of carbonyl (C=O) groups is 2. The minimum absolute atomic E-state index is 0.00689. The van der Waals surface area contributed by atoms with E-state index < -0.39 is 0 Å². The molecule has 3 amide bonds. The molecule has 1 aromatic heterocycles. The lowest BCUT2D eigenvalue weighted by Gasteiger charge is -2.31. The van der Waals surface area contributed by atoms with Crippen LogP contribution in [0.5, 0.6) is 0 Å². The maximum absolute atomic E-state index is 12.4. The van der Waals surface area contributed by atoms with E-state index in [1.807, 2.05) is 35.2 Å². The number of hydrogen-bond acceptors (Lipinski definition) is 4. The Kier molecular flexibility index (Phi) is 6.81. The van der Waals surface area contributed by atoms with Crippen molar-refractivity contribution >= 4 is 23.3 Å². The molecule has 0 saturated carbocycles. The topological polar surface area (TPSA) is 74.3 Å². The zero-order valence-corrected chi connectivity index (χ0v) is 16.4. The Labute approximate surface area is 164 Å². The zero-order valence-electron chi connectivity index (χ0n) is 15.6. The molecule has 7 heteroatoms. The third-order valence-electron chi connectivity index (χ3n) is 4.74. The van der Waals surface area contributed by atoms with E-state index in [1.54, 1.807) is 11.3 Å². The van der Waals surface area contributed by atoms with Gasteiger partial charge in [-0.2, -0.15) is 0 Å². The summed E-state index contributed by atoms with van der Waals surface area (Å²) in [5, 5.41) is 9.03. The van der Waals surface area contributed by atoms with Crippen molar-refractivity contribution in [2.75, 3.05) is 19.6 Å². The summed E-state index contributed by atoms with van der Waals surface area (Å²) < 4.78 is 0. The van der Waals surface area contributed by atoms with Gasteiger partial charge in [-0.05, 0) is 18.4 Å². The van der Waals surface area contributed by atoms with Crippen molar-refractivity contribution in [1.82, 2.24) is 20.5 Å². The Morgan fingerprint density at radius 2 is 1.93 bits per heavy atom. The van der Waals surface area contributed by atoms with E-state index in [0.717, 1.165) is 48.6 Å². The van der Waals surface area contributed by atoms with Crippen LogP contribution < -0.4 is 10.6 Å². The van der Waals surface area contributed by atoms with Crippen molar-refractivity contribution in [1.29, 1.82) is 0 Å². The molecular weight excluding hydrogens is 360 g/mol. The molecule has 0 spiro atoms. The number of likely N-dealkylation sites (tertiary alicyclic amines) is 1. The van der Waals surface area contributed by atoms with E-state index in [4.69, 9.17) is 4.98 Å². The third kappa shape index (κ3) is 5.79. The summed E-state index contributed by atoms with van der Waals surface area (Å²) in [6.45, 7) is 4.22. The van der Waals surface area contributed by atoms with Crippen LogP contribution in [0.2, 0.25) is 0 Å². The van der Waals surface area contributed by atoms with Crippen molar-refractivity contribution in [2.24, 2.45) is 0 Å². The molecule has 0 unspecified atom stereocenters. The molecule has 0 aliphatic carbocycles. The quantitative estimate of drug-likeness (QED) is 0.802. The summed E-state index contributed by atoms with van der Waals surface area (Å²) in [4.78, 5) is 29.9. The number of benzene rings is 1. The number of urea groups is 1. The van der Waals surface area contributed by atoms with Crippen LogP contribution in [0.15, 0.2) is 35.7 Å². The number of thiazole rings is 1. The van der Waals surface area contributed by atoms with E-state index in [2.05, 4.69) is 16.0 Å². The largest absolute Gasteiger partial charge is 0.356 e. The van der Waals surface area contributed by atoms with Gasteiger partial charge in [0.1, 0.15) is 0 Å². The molecule has 1 saturated heterocycles. The van der Waals surface area contributed by atoms with Crippen LogP contribution >= 0.6 is 11.3 Å². The number of aromatic nitrogens is 1. The Morgan fingerprint density at radius 1 is 1.19 bits per heavy atom. The fourth-order valence-corrected chi connectivity index (χ4v) is 4.23. The van der Waals surface area contributed by atoms with Crippen LogP contribution in [0.1, 0.15) is 41.9 Å². The first-order chi connectivity index (χ1) is 13.1. The summed E-state index contributed by atoms with van der Waals surface area (Å²) >= 11 is 1.69. The molecule has 2 N–H and O–H groups in total. The first kappa shape index (κ1) is 19.4. The van der Waals surface area contributed by atoms with E-state index in [9.17, 15) is 9.59 Å². The average molecular weight is 387 g/mol. The van der Waals surface area contributed by atoms with Crippen LogP contribution in [0.3, 0.4) is 0 Å². The molecule has 144 valence electrons. The number of hydrogen-bond donors (Lipinski definition) is 2. The number of nitrogens with one attached hydrogen (secondary N) is 2. The maximum atomic E-state index is 12.4. The molecule has 0 bridgehead atoms. The number of nitrogens with zero attached hydrogens (tertiary/aromatic N) is 2. The van der Waals surface area contributed by atoms with Gasteiger partial charge < -0.3 is 15.5 Å². The highest BCUT2D eigenvalue weighted by Gasteiger charge is 2.25. The van der Waals surface area contributed by atoms with Gasteiger partial charge in [0.05, 0.1) is 10.7 Å². The van der Waals surface area contributed by atoms with Gasteiger partial charge >= 0.3 is 6.03 Å². The van der Waals surface area contributed by atoms with E-state index >= 15 is 0 Å². The second-order valence-corrected chi connectivity index (χ2v) is 7.71. The van der Waals surface area contributed by atoms with Gasteiger partial charge in [0, 0.05) is 50.8 Å². The fourth-order valence-electron chi connectivity index (χ4n) is 3.21. The zero-order chi connectivity index (χ0) is 19.1. The minimum Gasteiger partial charge on any atom is -0.356 e. The van der Waals surface area contributed by atoms with Gasteiger partial charge in [-0.25, -0.2) is 9.78 Å². The molecule has 0 atom stereocenters. The highest BCUT2D eigenvalue weighted by Crippen LogP contribution is 2.30. The highest BCUT2D eigenvalue weighted by molar-refractivity contribution is 7.09. The molecular formula is C20H26N4O2S. The van der Waals surface area contributed by atoms with Crippen LogP contribution in [0.25, 0.3) is 0 Å². The predicted molar refractivity (Wildman–Crippen MR) is 107 cm³/mol.